The summed E-state index contributed by atoms with van der Waals surface area (Å²) in [5.74, 6) is 0. The van der Waals surface area contributed by atoms with Crippen LogP contribution in [-0.2, 0) is 0 Å². The Balaban J connectivity index is 0.977. The second-order valence-electron chi connectivity index (χ2n) is 10.2. The molecule has 0 spiro atoms. The third kappa shape index (κ3) is 5.94. The number of rotatable bonds is 13. The standard InChI is InChI=1S/C28H46N4/c1-31-23-13-11-15-27(31)25(19-17-23)29-21-9-7-5-3-4-6-8-10-22-30-26-20-18-24-14-12-16-28(26)32(24)2/h17-18,29-30H,3-16,19-22H2,1-2H3. The minimum absolute atomic E-state index is 1.12. The lowest BCUT2D eigenvalue weighted by atomic mass is 9.96. The van der Waals surface area contributed by atoms with Crippen molar-refractivity contribution in [3.8, 4) is 0 Å². The third-order valence-electron chi connectivity index (χ3n) is 7.93. The average Bonchev–Trinajstić information content (AvgIpc) is 2.77. The molecule has 2 saturated heterocycles. The van der Waals surface area contributed by atoms with Gasteiger partial charge in [0, 0.05) is 74.2 Å². The van der Waals surface area contributed by atoms with Crippen LogP contribution in [0.25, 0.3) is 0 Å². The Morgan fingerprint density at radius 3 is 1.44 bits per heavy atom. The molecule has 4 rings (SSSR count). The summed E-state index contributed by atoms with van der Waals surface area (Å²) >= 11 is 0. The molecule has 4 aliphatic heterocycles. The van der Waals surface area contributed by atoms with Gasteiger partial charge in [-0.3, -0.25) is 0 Å². The predicted octanol–water partition coefficient (Wildman–Crippen LogP) is 6.52. The van der Waals surface area contributed by atoms with Gasteiger partial charge in [0.25, 0.3) is 0 Å². The van der Waals surface area contributed by atoms with Crippen LogP contribution in [0.4, 0.5) is 0 Å². The molecular weight excluding hydrogens is 392 g/mol. The van der Waals surface area contributed by atoms with E-state index in [1.807, 2.05) is 0 Å². The maximum absolute atomic E-state index is 3.75. The number of fused-ring (bicyclic) bond motifs is 4. The zero-order valence-electron chi connectivity index (χ0n) is 20.8. The first-order valence-electron chi connectivity index (χ1n) is 13.5. The fourth-order valence-electron chi connectivity index (χ4n) is 5.89. The highest BCUT2D eigenvalue weighted by Crippen LogP contribution is 2.34. The molecule has 0 aromatic carbocycles. The van der Waals surface area contributed by atoms with Crippen molar-refractivity contribution in [3.63, 3.8) is 0 Å². The molecular formula is C28H46N4. The molecule has 0 aromatic heterocycles. The molecule has 4 aliphatic rings. The van der Waals surface area contributed by atoms with Gasteiger partial charge in [-0.05, 0) is 51.4 Å². The summed E-state index contributed by atoms with van der Waals surface area (Å²) in [5, 5.41) is 7.50. The van der Waals surface area contributed by atoms with Gasteiger partial charge in [-0.2, -0.15) is 0 Å². The van der Waals surface area contributed by atoms with E-state index in [0.29, 0.717) is 0 Å². The van der Waals surface area contributed by atoms with Crippen LogP contribution in [0.3, 0.4) is 0 Å². The molecule has 4 heteroatoms. The Labute approximate surface area is 196 Å². The Morgan fingerprint density at radius 2 is 1.00 bits per heavy atom. The Kier molecular flexibility index (Phi) is 8.64. The first-order valence-corrected chi connectivity index (χ1v) is 13.5. The number of nitrogens with zero attached hydrogens (tertiary/aromatic N) is 2. The van der Waals surface area contributed by atoms with E-state index < -0.39 is 0 Å². The molecule has 0 aliphatic carbocycles. The lowest BCUT2D eigenvalue weighted by Gasteiger charge is -2.36. The summed E-state index contributed by atoms with van der Waals surface area (Å²) in [6.45, 7) is 2.29. The van der Waals surface area contributed by atoms with Crippen molar-refractivity contribution in [2.75, 3.05) is 27.2 Å². The van der Waals surface area contributed by atoms with Gasteiger partial charge in [0.05, 0.1) is 0 Å². The van der Waals surface area contributed by atoms with Crippen molar-refractivity contribution < 1.29 is 0 Å². The lowest BCUT2D eigenvalue weighted by Crippen LogP contribution is -2.30. The average molecular weight is 439 g/mol. The van der Waals surface area contributed by atoms with Crippen molar-refractivity contribution in [1.82, 2.24) is 20.4 Å². The third-order valence-corrected chi connectivity index (χ3v) is 7.93. The molecule has 0 radical (unpaired) electrons. The zero-order valence-corrected chi connectivity index (χ0v) is 20.8. The molecule has 0 aromatic rings. The van der Waals surface area contributed by atoms with Crippen molar-refractivity contribution in [2.45, 2.75) is 103 Å². The van der Waals surface area contributed by atoms with Crippen molar-refractivity contribution >= 4 is 0 Å². The van der Waals surface area contributed by atoms with Crippen molar-refractivity contribution in [3.05, 3.63) is 46.3 Å². The Morgan fingerprint density at radius 1 is 0.594 bits per heavy atom. The first kappa shape index (κ1) is 23.3. The molecule has 0 saturated carbocycles. The molecule has 178 valence electrons. The van der Waals surface area contributed by atoms with E-state index >= 15 is 0 Å². The second kappa shape index (κ2) is 11.9. The highest BCUT2D eigenvalue weighted by atomic mass is 15.2. The van der Waals surface area contributed by atoms with Crippen LogP contribution in [0.1, 0.15) is 103 Å². The van der Waals surface area contributed by atoms with E-state index in [2.05, 4.69) is 46.7 Å². The van der Waals surface area contributed by atoms with Gasteiger partial charge in [-0.15, -0.1) is 0 Å². The van der Waals surface area contributed by atoms with Gasteiger partial charge in [0.15, 0.2) is 0 Å². The van der Waals surface area contributed by atoms with Crippen molar-refractivity contribution in [1.29, 1.82) is 0 Å². The van der Waals surface area contributed by atoms with E-state index in [0.717, 1.165) is 25.9 Å². The van der Waals surface area contributed by atoms with E-state index in [1.54, 1.807) is 11.4 Å². The maximum Gasteiger partial charge on any atom is 0.0368 e. The minimum atomic E-state index is 1.12. The lowest BCUT2D eigenvalue weighted by molar-refractivity contribution is 0.395. The van der Waals surface area contributed by atoms with Crippen LogP contribution in [0.15, 0.2) is 46.3 Å². The number of nitrogens with one attached hydrogen (secondary N) is 2. The van der Waals surface area contributed by atoms with Crippen LogP contribution in [-0.4, -0.2) is 37.0 Å². The van der Waals surface area contributed by atoms with Crippen LogP contribution in [0, 0.1) is 0 Å². The number of unbranched alkanes of at least 4 members (excludes halogenated alkanes) is 7. The fourth-order valence-corrected chi connectivity index (χ4v) is 5.89. The summed E-state index contributed by atoms with van der Waals surface area (Å²) in [6.07, 6.45) is 25.7. The quantitative estimate of drug-likeness (QED) is 0.321. The van der Waals surface area contributed by atoms with Gasteiger partial charge in [-0.25, -0.2) is 0 Å². The number of hydrogen-bond acceptors (Lipinski definition) is 4. The summed E-state index contributed by atoms with van der Waals surface area (Å²) in [4.78, 5) is 4.86. The smallest absolute Gasteiger partial charge is 0.0368 e. The SMILES string of the molecule is CN1C2=CCC(NCCCCCCCCCCNC3=C4CCCC(=CC3)N4C)=C1CCC2. The maximum atomic E-state index is 3.75. The first-order chi connectivity index (χ1) is 15.7. The largest absolute Gasteiger partial charge is 0.387 e. The van der Waals surface area contributed by atoms with E-state index in [9.17, 15) is 0 Å². The van der Waals surface area contributed by atoms with E-state index in [-0.39, 0.29) is 0 Å². The van der Waals surface area contributed by atoms with Gasteiger partial charge in [0.2, 0.25) is 0 Å². The molecule has 0 amide bonds. The monoisotopic (exact) mass is 438 g/mol. The number of allylic oxidation sites excluding steroid dienone is 6. The van der Waals surface area contributed by atoms with Crippen LogP contribution >= 0.6 is 0 Å². The van der Waals surface area contributed by atoms with E-state index in [1.165, 1.54) is 113 Å². The molecule has 4 bridgehead atoms. The molecule has 0 unspecified atom stereocenters. The Bertz CT molecular complexity index is 693. The topological polar surface area (TPSA) is 30.5 Å². The molecule has 0 atom stereocenters. The van der Waals surface area contributed by atoms with Gasteiger partial charge in [-0.1, -0.05) is 50.7 Å². The van der Waals surface area contributed by atoms with Crippen LogP contribution < -0.4 is 10.6 Å². The fraction of sp³-hybridized carbons (Fsp3) is 0.714. The summed E-state index contributed by atoms with van der Waals surface area (Å²) in [7, 11) is 4.48. The molecule has 32 heavy (non-hydrogen) atoms. The normalized spacial score (nSPS) is 20.4. The van der Waals surface area contributed by atoms with Crippen LogP contribution in [0.5, 0.6) is 0 Å². The van der Waals surface area contributed by atoms with E-state index in [4.69, 9.17) is 0 Å². The zero-order chi connectivity index (χ0) is 22.2. The summed E-state index contributed by atoms with van der Waals surface area (Å²) < 4.78 is 0. The van der Waals surface area contributed by atoms with Crippen molar-refractivity contribution in [2.24, 2.45) is 0 Å². The molecule has 2 N–H and O–H groups in total. The molecule has 4 nitrogen and oxygen atoms in total. The van der Waals surface area contributed by atoms with Gasteiger partial charge >= 0.3 is 0 Å². The minimum Gasteiger partial charge on any atom is -0.387 e. The Hall–Kier alpha value is -1.84. The summed E-state index contributed by atoms with van der Waals surface area (Å²) in [5.41, 5.74) is 9.15. The second-order valence-corrected chi connectivity index (χ2v) is 10.2. The van der Waals surface area contributed by atoms with Gasteiger partial charge in [0.1, 0.15) is 0 Å². The highest BCUT2D eigenvalue weighted by Gasteiger charge is 2.24. The highest BCUT2D eigenvalue weighted by molar-refractivity contribution is 5.29. The van der Waals surface area contributed by atoms with Crippen LogP contribution in [0.2, 0.25) is 0 Å². The molecule has 4 heterocycles. The molecule has 2 fully saturated rings. The number of piperidine rings is 2. The summed E-state index contributed by atoms with van der Waals surface area (Å²) in [6, 6.07) is 0. The predicted molar refractivity (Wildman–Crippen MR) is 136 cm³/mol. The number of hydrogen-bond donors (Lipinski definition) is 2. The van der Waals surface area contributed by atoms with Gasteiger partial charge < -0.3 is 20.4 Å².